The van der Waals surface area contributed by atoms with Crippen LogP contribution in [0.1, 0.15) is 22.7 Å². The number of aliphatic carboxylic acids is 1. The molecule has 0 radical (unpaired) electrons. The zero-order valence-electron chi connectivity index (χ0n) is 15.2. The van der Waals surface area contributed by atoms with Crippen LogP contribution in [0.5, 0.6) is 0 Å². The van der Waals surface area contributed by atoms with Gasteiger partial charge in [0.15, 0.2) is 6.04 Å². The Morgan fingerprint density at radius 1 is 1.22 bits per heavy atom. The van der Waals surface area contributed by atoms with E-state index in [4.69, 9.17) is 0 Å². The third kappa shape index (κ3) is 4.89. The average molecular weight is 391 g/mol. The van der Waals surface area contributed by atoms with E-state index in [-0.39, 0.29) is 4.90 Å². The minimum Gasteiger partial charge on any atom is -0.479 e. The van der Waals surface area contributed by atoms with Crippen molar-refractivity contribution in [2.45, 2.75) is 24.8 Å². The number of carboxylic acids is 1. The second-order valence-electron chi connectivity index (χ2n) is 6.13. The Kier molecular flexibility index (Phi) is 6.29. The molecule has 2 rings (SSSR count). The maximum Gasteiger partial charge on any atom is 0.330 e. The van der Waals surface area contributed by atoms with E-state index in [9.17, 15) is 23.1 Å². The van der Waals surface area contributed by atoms with Gasteiger partial charge < -0.3 is 10.4 Å². The number of aryl methyl sites for hydroxylation is 2. The van der Waals surface area contributed by atoms with Crippen LogP contribution in [0.2, 0.25) is 0 Å². The summed E-state index contributed by atoms with van der Waals surface area (Å²) >= 11 is 0. The van der Waals surface area contributed by atoms with Crippen molar-refractivity contribution >= 4 is 21.9 Å². The monoisotopic (exact) mass is 391 g/mol. The lowest BCUT2D eigenvalue weighted by atomic mass is 10.0. The molecule has 2 aromatic rings. The van der Waals surface area contributed by atoms with Gasteiger partial charge >= 0.3 is 5.97 Å². The van der Waals surface area contributed by atoms with Gasteiger partial charge in [0.2, 0.25) is 15.9 Å². The Bertz CT molecular complexity index is 945. The molecule has 1 aromatic carbocycles. The zero-order chi connectivity index (χ0) is 20.2. The number of benzene rings is 1. The summed E-state index contributed by atoms with van der Waals surface area (Å²) in [5.41, 5.74) is 2.30. The number of hydrogen-bond donors (Lipinski definition) is 2. The van der Waals surface area contributed by atoms with Gasteiger partial charge in [-0.15, -0.1) is 0 Å². The molecule has 2 N–H and O–H groups in total. The van der Waals surface area contributed by atoms with Crippen molar-refractivity contribution in [3.63, 3.8) is 0 Å². The molecule has 0 saturated heterocycles. The predicted octanol–water partition coefficient (Wildman–Crippen LogP) is 1.26. The summed E-state index contributed by atoms with van der Waals surface area (Å²) in [6.45, 7) is 3.21. The molecule has 1 unspecified atom stereocenters. The van der Waals surface area contributed by atoms with Crippen molar-refractivity contribution in [1.82, 2.24) is 14.6 Å². The Hall–Kier alpha value is -2.78. The molecule has 9 heteroatoms. The molecule has 144 valence electrons. The number of nitrogens with one attached hydrogen (secondary N) is 1. The average Bonchev–Trinajstić information content (AvgIpc) is 2.62. The number of nitrogens with zero attached hydrogens (tertiary/aromatic N) is 2. The van der Waals surface area contributed by atoms with Gasteiger partial charge in [-0.1, -0.05) is 18.2 Å². The van der Waals surface area contributed by atoms with Gasteiger partial charge in [0.05, 0.1) is 6.54 Å². The topological polar surface area (TPSA) is 117 Å². The van der Waals surface area contributed by atoms with Crippen LogP contribution in [0.3, 0.4) is 0 Å². The molecule has 0 spiro atoms. The molecule has 1 amide bonds. The maximum atomic E-state index is 12.4. The largest absolute Gasteiger partial charge is 0.479 e. The van der Waals surface area contributed by atoms with E-state index < -0.39 is 34.5 Å². The van der Waals surface area contributed by atoms with Crippen LogP contribution in [-0.2, 0) is 19.6 Å². The van der Waals surface area contributed by atoms with E-state index in [1.165, 1.54) is 31.6 Å². The first-order valence-corrected chi connectivity index (χ1v) is 9.52. The lowest BCUT2D eigenvalue weighted by Gasteiger charge is -2.20. The minimum absolute atomic E-state index is 0.0516. The number of rotatable bonds is 7. The van der Waals surface area contributed by atoms with E-state index in [0.29, 0.717) is 5.56 Å². The molecule has 1 aromatic heterocycles. The van der Waals surface area contributed by atoms with Crippen molar-refractivity contribution in [1.29, 1.82) is 0 Å². The number of carbonyl (C=O) groups excluding carboxylic acids is 1. The molecule has 0 saturated carbocycles. The summed E-state index contributed by atoms with van der Waals surface area (Å²) in [7, 11) is -2.66. The van der Waals surface area contributed by atoms with Gasteiger partial charge in [0.25, 0.3) is 0 Å². The number of amides is 1. The van der Waals surface area contributed by atoms with Crippen molar-refractivity contribution < 1.29 is 23.1 Å². The molecule has 0 fully saturated rings. The second-order valence-corrected chi connectivity index (χ2v) is 8.18. The number of aromatic nitrogens is 1. The van der Waals surface area contributed by atoms with Crippen molar-refractivity contribution in [3.8, 4) is 0 Å². The van der Waals surface area contributed by atoms with E-state index in [0.717, 1.165) is 15.4 Å². The van der Waals surface area contributed by atoms with Crippen LogP contribution in [-0.4, -0.2) is 48.3 Å². The summed E-state index contributed by atoms with van der Waals surface area (Å²) in [6.07, 6.45) is 2.62. The second kappa shape index (κ2) is 8.28. The molecule has 0 aliphatic heterocycles. The molecule has 0 aliphatic carbocycles. The molecule has 0 bridgehead atoms. The van der Waals surface area contributed by atoms with Crippen molar-refractivity contribution in [3.05, 3.63) is 59.4 Å². The molecule has 8 nitrogen and oxygen atoms in total. The summed E-state index contributed by atoms with van der Waals surface area (Å²) < 4.78 is 25.7. The molecule has 27 heavy (non-hydrogen) atoms. The van der Waals surface area contributed by atoms with Crippen LogP contribution in [0.25, 0.3) is 0 Å². The number of pyridine rings is 1. The molecule has 0 aliphatic rings. The Morgan fingerprint density at radius 2 is 1.93 bits per heavy atom. The highest BCUT2D eigenvalue weighted by Crippen LogP contribution is 2.18. The van der Waals surface area contributed by atoms with Crippen LogP contribution >= 0.6 is 0 Å². The van der Waals surface area contributed by atoms with Gasteiger partial charge in [0, 0.05) is 19.4 Å². The van der Waals surface area contributed by atoms with E-state index in [1.54, 1.807) is 18.2 Å². The summed E-state index contributed by atoms with van der Waals surface area (Å²) in [5.74, 6) is -1.96. The van der Waals surface area contributed by atoms with Crippen molar-refractivity contribution in [2.24, 2.45) is 0 Å². The number of likely N-dealkylation sites (N-methyl/N-ethyl adjacent to an activating group) is 1. The standard InChI is InChI=1S/C18H21N3O5S/c1-12-6-7-14(9-13(12)2)17(18(23)24)20-16(22)11-21(3)27(25,26)15-5-4-8-19-10-15/h4-10,17H,11H2,1-3H3,(H,20,22)(H,23,24). The van der Waals surface area contributed by atoms with Gasteiger partial charge in [-0.05, 0) is 42.7 Å². The maximum absolute atomic E-state index is 12.4. The van der Waals surface area contributed by atoms with Crippen LogP contribution < -0.4 is 5.32 Å². The molecular formula is C18H21N3O5S. The summed E-state index contributed by atoms with van der Waals surface area (Å²) in [6, 6.07) is 6.65. The zero-order valence-corrected chi connectivity index (χ0v) is 16.0. The fourth-order valence-electron chi connectivity index (χ4n) is 2.41. The fourth-order valence-corrected chi connectivity index (χ4v) is 3.50. The SMILES string of the molecule is Cc1ccc(C(NC(=O)CN(C)S(=O)(=O)c2cccnc2)C(=O)O)cc1C. The van der Waals surface area contributed by atoms with Crippen LogP contribution in [0.15, 0.2) is 47.6 Å². The van der Waals surface area contributed by atoms with Crippen LogP contribution in [0, 0.1) is 13.8 Å². The Balaban J connectivity index is 2.14. The quantitative estimate of drug-likeness (QED) is 0.734. The highest BCUT2D eigenvalue weighted by molar-refractivity contribution is 7.89. The van der Waals surface area contributed by atoms with Gasteiger partial charge in [0.1, 0.15) is 4.90 Å². The number of carbonyl (C=O) groups is 2. The van der Waals surface area contributed by atoms with Crippen molar-refractivity contribution in [2.75, 3.05) is 13.6 Å². The van der Waals surface area contributed by atoms with E-state index in [1.807, 2.05) is 13.8 Å². The first kappa shape index (κ1) is 20.5. The normalized spacial score (nSPS) is 12.6. The number of hydrogen-bond acceptors (Lipinski definition) is 5. The Labute approximate surface area is 157 Å². The smallest absolute Gasteiger partial charge is 0.330 e. The van der Waals surface area contributed by atoms with E-state index >= 15 is 0 Å². The lowest BCUT2D eigenvalue weighted by molar-refractivity contribution is -0.142. The minimum atomic E-state index is -3.90. The molecular weight excluding hydrogens is 370 g/mol. The fraction of sp³-hybridized carbons (Fsp3) is 0.278. The Morgan fingerprint density at radius 3 is 2.48 bits per heavy atom. The first-order chi connectivity index (χ1) is 12.6. The highest BCUT2D eigenvalue weighted by atomic mass is 32.2. The third-order valence-electron chi connectivity index (χ3n) is 4.13. The summed E-state index contributed by atoms with van der Waals surface area (Å²) in [5, 5.41) is 11.8. The first-order valence-electron chi connectivity index (χ1n) is 8.08. The highest BCUT2D eigenvalue weighted by Gasteiger charge is 2.27. The number of carboxylic acid groups (broad SMARTS) is 1. The molecule has 1 heterocycles. The summed E-state index contributed by atoms with van der Waals surface area (Å²) in [4.78, 5) is 27.6. The molecule has 1 atom stereocenters. The third-order valence-corrected chi connectivity index (χ3v) is 5.91. The van der Waals surface area contributed by atoms with Crippen LogP contribution in [0.4, 0.5) is 0 Å². The van der Waals surface area contributed by atoms with Gasteiger partial charge in [-0.3, -0.25) is 9.78 Å². The number of sulfonamides is 1. The lowest BCUT2D eigenvalue weighted by Crippen LogP contribution is -2.41. The van der Waals surface area contributed by atoms with E-state index in [2.05, 4.69) is 10.3 Å². The van der Waals surface area contributed by atoms with Gasteiger partial charge in [-0.25, -0.2) is 13.2 Å². The van der Waals surface area contributed by atoms with Gasteiger partial charge in [-0.2, -0.15) is 4.31 Å². The predicted molar refractivity (Wildman–Crippen MR) is 98.5 cm³/mol.